The molecule has 0 bridgehead atoms. The molecule has 0 nitrogen and oxygen atoms in total. The second kappa shape index (κ2) is 12.4. The van der Waals surface area contributed by atoms with Gasteiger partial charge >= 0.3 is 0 Å². The minimum absolute atomic E-state index is 1.09. The topological polar surface area (TPSA) is 0 Å². The van der Waals surface area contributed by atoms with Gasteiger partial charge in [-0.25, -0.2) is 0 Å². The van der Waals surface area contributed by atoms with Crippen LogP contribution in [0.25, 0.3) is 0 Å². The molecule has 0 saturated heterocycles. The predicted octanol–water partition coefficient (Wildman–Crippen LogP) is 8.54. The first-order valence-corrected chi connectivity index (χ1v) is 11.8. The van der Waals surface area contributed by atoms with E-state index in [1.54, 1.807) is 51.4 Å². The van der Waals surface area contributed by atoms with Gasteiger partial charge in [-0.1, -0.05) is 104 Å². The third kappa shape index (κ3) is 7.49. The van der Waals surface area contributed by atoms with Gasteiger partial charge in [0, 0.05) is 0 Å². The molecule has 2 aliphatic rings. The average molecular weight is 335 g/mol. The first-order chi connectivity index (χ1) is 11.8. The van der Waals surface area contributed by atoms with E-state index in [4.69, 9.17) is 0 Å². The predicted molar refractivity (Wildman–Crippen MR) is 108 cm³/mol. The smallest absolute Gasteiger partial charge is 0.0386 e. The highest BCUT2D eigenvalue weighted by atomic mass is 14.4. The van der Waals surface area contributed by atoms with Crippen molar-refractivity contribution in [3.8, 4) is 0 Å². The molecule has 0 atom stereocenters. The molecule has 0 aromatic carbocycles. The van der Waals surface area contributed by atoms with Gasteiger partial charge in [-0.3, -0.25) is 0 Å². The molecule has 0 radical (unpaired) electrons. The molecule has 2 rings (SSSR count). The third-order valence-electron chi connectivity index (χ3n) is 7.38. The second-order valence-electron chi connectivity index (χ2n) is 9.26. The van der Waals surface area contributed by atoms with Gasteiger partial charge in [0.25, 0.3) is 0 Å². The molecule has 142 valence electrons. The fraction of sp³-hybridized carbons (Fsp3) is 1.00. The van der Waals surface area contributed by atoms with Crippen LogP contribution < -0.4 is 0 Å². The summed E-state index contributed by atoms with van der Waals surface area (Å²) in [5.74, 6) is 4.40. The number of hydrogen-bond donors (Lipinski definition) is 0. The van der Waals surface area contributed by atoms with Crippen molar-refractivity contribution < 1.29 is 0 Å². The Morgan fingerprint density at radius 3 is 1.17 bits per heavy atom. The van der Waals surface area contributed by atoms with Gasteiger partial charge in [0.05, 0.1) is 0 Å². The second-order valence-corrected chi connectivity index (χ2v) is 9.26. The van der Waals surface area contributed by atoms with Crippen molar-refractivity contribution in [1.82, 2.24) is 0 Å². The Kier molecular flexibility index (Phi) is 10.5. The summed E-state index contributed by atoms with van der Waals surface area (Å²) < 4.78 is 0. The number of rotatable bonds is 11. The van der Waals surface area contributed by atoms with Crippen LogP contribution in [0.4, 0.5) is 0 Å². The highest BCUT2D eigenvalue weighted by molar-refractivity contribution is 4.82. The van der Waals surface area contributed by atoms with E-state index in [1.807, 2.05) is 0 Å². The molecule has 0 N–H and O–H groups in total. The molecular formula is C24H46. The van der Waals surface area contributed by atoms with E-state index in [2.05, 4.69) is 13.8 Å². The van der Waals surface area contributed by atoms with Crippen LogP contribution in [0.2, 0.25) is 0 Å². The summed E-state index contributed by atoms with van der Waals surface area (Å²) in [6.45, 7) is 4.65. The SMILES string of the molecule is CCCCCCC1CCC(C2CCC(CCCCCC)CC2)CC1. The molecule has 2 saturated carbocycles. The van der Waals surface area contributed by atoms with Crippen molar-refractivity contribution in [2.24, 2.45) is 23.7 Å². The molecule has 24 heavy (non-hydrogen) atoms. The summed E-state index contributed by atoms with van der Waals surface area (Å²) in [6.07, 6.45) is 27.3. The van der Waals surface area contributed by atoms with Gasteiger partial charge < -0.3 is 0 Å². The monoisotopic (exact) mass is 334 g/mol. The fourth-order valence-electron chi connectivity index (χ4n) is 5.62. The standard InChI is InChI=1S/C24H46/c1-3-5-7-9-11-21-13-17-23(18-14-21)24-19-15-22(16-20-24)12-10-8-6-4-2/h21-24H,3-20H2,1-2H3. The molecular weight excluding hydrogens is 288 g/mol. The lowest BCUT2D eigenvalue weighted by molar-refractivity contribution is 0.139. The molecule has 2 aliphatic carbocycles. The van der Waals surface area contributed by atoms with Crippen molar-refractivity contribution in [3.05, 3.63) is 0 Å². The zero-order valence-electron chi connectivity index (χ0n) is 17.0. The van der Waals surface area contributed by atoms with Crippen molar-refractivity contribution in [2.45, 2.75) is 129 Å². The number of unbranched alkanes of at least 4 members (excludes halogenated alkanes) is 6. The normalized spacial score (nSPS) is 31.2. The van der Waals surface area contributed by atoms with Crippen LogP contribution in [0.3, 0.4) is 0 Å². The minimum Gasteiger partial charge on any atom is -0.0654 e. The van der Waals surface area contributed by atoms with E-state index in [9.17, 15) is 0 Å². The van der Waals surface area contributed by atoms with Crippen LogP contribution in [0.1, 0.15) is 129 Å². The van der Waals surface area contributed by atoms with Crippen molar-refractivity contribution in [3.63, 3.8) is 0 Å². The average Bonchev–Trinajstić information content (AvgIpc) is 2.64. The van der Waals surface area contributed by atoms with Gasteiger partial charge in [-0.2, -0.15) is 0 Å². The fourth-order valence-corrected chi connectivity index (χ4v) is 5.62. The van der Waals surface area contributed by atoms with E-state index in [0.717, 1.165) is 23.7 Å². The van der Waals surface area contributed by atoms with Gasteiger partial charge in [0.15, 0.2) is 0 Å². The van der Waals surface area contributed by atoms with Crippen molar-refractivity contribution >= 4 is 0 Å². The van der Waals surface area contributed by atoms with Gasteiger partial charge in [-0.15, -0.1) is 0 Å². The van der Waals surface area contributed by atoms with Gasteiger partial charge in [0.2, 0.25) is 0 Å². The van der Waals surface area contributed by atoms with E-state index in [0.29, 0.717) is 0 Å². The van der Waals surface area contributed by atoms with E-state index in [1.165, 1.54) is 64.2 Å². The molecule has 0 aliphatic heterocycles. The Morgan fingerprint density at radius 1 is 0.458 bits per heavy atom. The molecule has 0 heteroatoms. The first kappa shape index (κ1) is 20.3. The van der Waals surface area contributed by atoms with Crippen LogP contribution in [0.5, 0.6) is 0 Å². The maximum atomic E-state index is 2.32. The molecule has 0 unspecified atom stereocenters. The highest BCUT2D eigenvalue weighted by Crippen LogP contribution is 2.43. The molecule has 2 fully saturated rings. The van der Waals surface area contributed by atoms with Crippen LogP contribution in [0.15, 0.2) is 0 Å². The maximum Gasteiger partial charge on any atom is -0.0386 e. The van der Waals surface area contributed by atoms with Crippen LogP contribution >= 0.6 is 0 Å². The van der Waals surface area contributed by atoms with Gasteiger partial charge in [-0.05, 0) is 49.4 Å². The summed E-state index contributed by atoms with van der Waals surface area (Å²) in [7, 11) is 0. The zero-order chi connectivity index (χ0) is 17.0. The lowest BCUT2D eigenvalue weighted by Gasteiger charge is -2.38. The summed E-state index contributed by atoms with van der Waals surface area (Å²) >= 11 is 0. The van der Waals surface area contributed by atoms with Crippen LogP contribution in [-0.2, 0) is 0 Å². The highest BCUT2D eigenvalue weighted by Gasteiger charge is 2.30. The van der Waals surface area contributed by atoms with Crippen LogP contribution in [0, 0.1) is 23.7 Å². The lowest BCUT2D eigenvalue weighted by atomic mass is 9.68. The molecule has 0 aromatic heterocycles. The summed E-state index contributed by atoms with van der Waals surface area (Å²) in [6, 6.07) is 0. The van der Waals surface area contributed by atoms with E-state index in [-0.39, 0.29) is 0 Å². The Labute approximate surface area is 153 Å². The summed E-state index contributed by atoms with van der Waals surface area (Å²) in [5, 5.41) is 0. The maximum absolute atomic E-state index is 2.32. The van der Waals surface area contributed by atoms with Crippen LogP contribution in [-0.4, -0.2) is 0 Å². The molecule has 0 spiro atoms. The zero-order valence-corrected chi connectivity index (χ0v) is 17.0. The minimum atomic E-state index is 1.09. The Bertz CT molecular complexity index is 248. The Balaban J connectivity index is 1.54. The third-order valence-corrected chi connectivity index (χ3v) is 7.38. The number of hydrogen-bond acceptors (Lipinski definition) is 0. The Morgan fingerprint density at radius 2 is 0.833 bits per heavy atom. The molecule has 0 amide bonds. The quantitative estimate of drug-likeness (QED) is 0.332. The van der Waals surface area contributed by atoms with E-state index < -0.39 is 0 Å². The van der Waals surface area contributed by atoms with Gasteiger partial charge in [0.1, 0.15) is 0 Å². The summed E-state index contributed by atoms with van der Waals surface area (Å²) in [5.41, 5.74) is 0. The largest absolute Gasteiger partial charge is 0.0654 e. The van der Waals surface area contributed by atoms with E-state index >= 15 is 0 Å². The summed E-state index contributed by atoms with van der Waals surface area (Å²) in [4.78, 5) is 0. The lowest BCUT2D eigenvalue weighted by Crippen LogP contribution is -2.25. The molecule has 0 aromatic rings. The van der Waals surface area contributed by atoms with Crippen molar-refractivity contribution in [2.75, 3.05) is 0 Å². The van der Waals surface area contributed by atoms with Crippen molar-refractivity contribution in [1.29, 1.82) is 0 Å². The first-order valence-electron chi connectivity index (χ1n) is 11.8. The molecule has 0 heterocycles. The Hall–Kier alpha value is 0.